The fourth-order valence-corrected chi connectivity index (χ4v) is 2.91. The van der Waals surface area contributed by atoms with Gasteiger partial charge >= 0.3 is 0 Å². The van der Waals surface area contributed by atoms with E-state index in [1.54, 1.807) is 6.92 Å². The van der Waals surface area contributed by atoms with Crippen LogP contribution in [0.4, 0.5) is 5.69 Å². The zero-order chi connectivity index (χ0) is 16.3. The summed E-state index contributed by atoms with van der Waals surface area (Å²) < 4.78 is 1.91. The lowest BCUT2D eigenvalue weighted by molar-refractivity contribution is -0.129. The van der Waals surface area contributed by atoms with E-state index in [0.29, 0.717) is 0 Å². The van der Waals surface area contributed by atoms with Crippen molar-refractivity contribution >= 4 is 22.5 Å². The zero-order valence-electron chi connectivity index (χ0n) is 14.3. The highest BCUT2D eigenvalue weighted by Crippen LogP contribution is 2.27. The molecule has 1 fully saturated rings. The Labute approximate surface area is 132 Å². The normalized spacial score (nSPS) is 14.8. The summed E-state index contributed by atoms with van der Waals surface area (Å²) >= 11 is 0. The van der Waals surface area contributed by atoms with Gasteiger partial charge in [0, 0.05) is 51.2 Å². The van der Waals surface area contributed by atoms with Gasteiger partial charge in [-0.1, -0.05) is 13.8 Å². The summed E-state index contributed by atoms with van der Waals surface area (Å²) in [6.45, 7) is 11.2. The molecule has 0 spiro atoms. The fraction of sp³-hybridized carbons (Fsp3) is 0.529. The van der Waals surface area contributed by atoms with Crippen molar-refractivity contribution in [1.82, 2.24) is 14.7 Å². The van der Waals surface area contributed by atoms with Gasteiger partial charge in [0.25, 0.3) is 0 Å². The third-order valence-electron chi connectivity index (χ3n) is 4.13. The van der Waals surface area contributed by atoms with Gasteiger partial charge in [0.1, 0.15) is 0 Å². The number of aromatic nitrogens is 2. The maximum absolute atomic E-state index is 11.4. The molecule has 1 aliphatic rings. The number of carbonyl (C=O) groups is 1. The van der Waals surface area contributed by atoms with Crippen molar-refractivity contribution in [2.75, 3.05) is 31.1 Å². The second kappa shape index (κ2) is 6.81. The first-order chi connectivity index (χ1) is 10.6. The van der Waals surface area contributed by atoms with Crippen LogP contribution in [0.5, 0.6) is 0 Å². The number of piperazine rings is 1. The predicted octanol–water partition coefficient (Wildman–Crippen LogP) is 2.58. The Morgan fingerprint density at radius 3 is 2.36 bits per heavy atom. The number of hydrogen-bond acceptors (Lipinski definition) is 3. The van der Waals surface area contributed by atoms with Crippen LogP contribution in [0.2, 0.25) is 0 Å². The molecule has 1 aliphatic heterocycles. The molecule has 0 unspecified atom stereocenters. The Balaban J connectivity index is 0.000000847. The molecule has 1 amide bonds. The van der Waals surface area contributed by atoms with Crippen LogP contribution in [0, 0.1) is 6.92 Å². The number of anilines is 1. The van der Waals surface area contributed by atoms with E-state index in [2.05, 4.69) is 29.1 Å². The van der Waals surface area contributed by atoms with Gasteiger partial charge in [-0.15, -0.1) is 0 Å². The van der Waals surface area contributed by atoms with Gasteiger partial charge in [0.2, 0.25) is 5.91 Å². The molecule has 1 saturated heterocycles. The standard InChI is InChI=1S/C15H20N4O.C2H6/c1-11-8-13-10-16-17(3)15(13)9-14(11)19-6-4-18(5-7-19)12(2)20;1-2/h8-10H,4-7H2,1-3H3;1-2H3. The van der Waals surface area contributed by atoms with E-state index in [1.165, 1.54) is 16.6 Å². The largest absolute Gasteiger partial charge is 0.368 e. The van der Waals surface area contributed by atoms with Crippen LogP contribution in [-0.4, -0.2) is 46.8 Å². The maximum atomic E-state index is 11.4. The first-order valence-electron chi connectivity index (χ1n) is 7.99. The molecule has 5 heteroatoms. The van der Waals surface area contributed by atoms with Crippen molar-refractivity contribution in [2.45, 2.75) is 27.7 Å². The molecule has 0 radical (unpaired) electrons. The number of fused-ring (bicyclic) bond motifs is 1. The minimum Gasteiger partial charge on any atom is -0.368 e. The zero-order valence-corrected chi connectivity index (χ0v) is 14.3. The Bertz CT molecular complexity index is 654. The van der Waals surface area contributed by atoms with Gasteiger partial charge in [-0.3, -0.25) is 9.48 Å². The van der Waals surface area contributed by atoms with Crippen LogP contribution in [-0.2, 0) is 11.8 Å². The number of carbonyl (C=O) groups excluding carboxylic acids is 1. The van der Waals surface area contributed by atoms with Crippen LogP contribution in [0.15, 0.2) is 18.3 Å². The molecule has 2 aromatic rings. The first kappa shape index (κ1) is 16.3. The maximum Gasteiger partial charge on any atom is 0.219 e. The highest BCUT2D eigenvalue weighted by Gasteiger charge is 2.20. The summed E-state index contributed by atoms with van der Waals surface area (Å²) in [5.74, 6) is 0.170. The van der Waals surface area contributed by atoms with Crippen molar-refractivity contribution in [2.24, 2.45) is 7.05 Å². The topological polar surface area (TPSA) is 41.4 Å². The van der Waals surface area contributed by atoms with Gasteiger partial charge in [-0.2, -0.15) is 5.10 Å². The van der Waals surface area contributed by atoms with Crippen molar-refractivity contribution in [3.63, 3.8) is 0 Å². The van der Waals surface area contributed by atoms with E-state index in [1.807, 2.05) is 36.7 Å². The number of hydrogen-bond donors (Lipinski definition) is 0. The molecule has 3 rings (SSSR count). The molecule has 0 N–H and O–H groups in total. The summed E-state index contributed by atoms with van der Waals surface area (Å²) in [7, 11) is 1.97. The van der Waals surface area contributed by atoms with Gasteiger partial charge < -0.3 is 9.80 Å². The average molecular weight is 302 g/mol. The lowest BCUT2D eigenvalue weighted by atomic mass is 10.1. The van der Waals surface area contributed by atoms with Crippen LogP contribution in [0.3, 0.4) is 0 Å². The second-order valence-corrected chi connectivity index (χ2v) is 5.46. The van der Waals surface area contributed by atoms with Crippen molar-refractivity contribution < 1.29 is 4.79 Å². The number of rotatable bonds is 1. The number of aryl methyl sites for hydroxylation is 2. The van der Waals surface area contributed by atoms with E-state index in [4.69, 9.17) is 0 Å². The molecule has 0 bridgehead atoms. The van der Waals surface area contributed by atoms with Crippen LogP contribution >= 0.6 is 0 Å². The smallest absolute Gasteiger partial charge is 0.219 e. The van der Waals surface area contributed by atoms with Crippen molar-refractivity contribution in [3.05, 3.63) is 23.9 Å². The highest BCUT2D eigenvalue weighted by molar-refractivity contribution is 5.84. The molecule has 2 heterocycles. The monoisotopic (exact) mass is 302 g/mol. The minimum absolute atomic E-state index is 0.170. The lowest BCUT2D eigenvalue weighted by Gasteiger charge is -2.36. The van der Waals surface area contributed by atoms with E-state index >= 15 is 0 Å². The first-order valence-corrected chi connectivity index (χ1v) is 7.99. The van der Waals surface area contributed by atoms with Crippen LogP contribution in [0.25, 0.3) is 10.9 Å². The molecule has 1 aromatic heterocycles. The molecule has 0 saturated carbocycles. The second-order valence-electron chi connectivity index (χ2n) is 5.46. The quantitative estimate of drug-likeness (QED) is 0.813. The Morgan fingerprint density at radius 1 is 1.14 bits per heavy atom. The van der Waals surface area contributed by atoms with E-state index < -0.39 is 0 Å². The minimum atomic E-state index is 0.170. The van der Waals surface area contributed by atoms with Gasteiger partial charge in [-0.05, 0) is 24.6 Å². The Morgan fingerprint density at radius 2 is 1.77 bits per heavy atom. The van der Waals surface area contributed by atoms with Gasteiger partial charge in [-0.25, -0.2) is 0 Å². The molecule has 120 valence electrons. The van der Waals surface area contributed by atoms with E-state index in [-0.39, 0.29) is 5.91 Å². The molecular weight excluding hydrogens is 276 g/mol. The third-order valence-corrected chi connectivity index (χ3v) is 4.13. The summed E-state index contributed by atoms with van der Waals surface area (Å²) in [4.78, 5) is 15.7. The lowest BCUT2D eigenvalue weighted by Crippen LogP contribution is -2.48. The average Bonchev–Trinajstić information content (AvgIpc) is 2.89. The van der Waals surface area contributed by atoms with Gasteiger partial charge in [0.05, 0.1) is 11.7 Å². The third kappa shape index (κ3) is 3.08. The van der Waals surface area contributed by atoms with Crippen LogP contribution in [0.1, 0.15) is 26.3 Å². The van der Waals surface area contributed by atoms with E-state index in [0.717, 1.165) is 31.7 Å². The van der Waals surface area contributed by atoms with E-state index in [9.17, 15) is 4.79 Å². The van der Waals surface area contributed by atoms with Crippen LogP contribution < -0.4 is 4.90 Å². The summed E-state index contributed by atoms with van der Waals surface area (Å²) in [5.41, 5.74) is 3.67. The molecule has 0 aliphatic carbocycles. The summed E-state index contributed by atoms with van der Waals surface area (Å²) in [5, 5.41) is 5.48. The van der Waals surface area contributed by atoms with Gasteiger partial charge in [0.15, 0.2) is 0 Å². The molecular formula is C17H26N4O. The molecule has 0 atom stereocenters. The summed E-state index contributed by atoms with van der Waals surface area (Å²) in [6.07, 6.45) is 1.90. The molecule has 1 aromatic carbocycles. The van der Waals surface area contributed by atoms with Crippen molar-refractivity contribution in [3.8, 4) is 0 Å². The highest BCUT2D eigenvalue weighted by atomic mass is 16.2. The van der Waals surface area contributed by atoms with Crippen molar-refractivity contribution in [1.29, 1.82) is 0 Å². The Kier molecular flexibility index (Phi) is 5.06. The SMILES string of the molecule is CC.CC(=O)N1CCN(c2cc3c(cnn3C)cc2C)CC1. The number of nitrogens with zero attached hydrogens (tertiary/aromatic N) is 4. The predicted molar refractivity (Wildman–Crippen MR) is 91.3 cm³/mol. The summed E-state index contributed by atoms with van der Waals surface area (Å²) in [6, 6.07) is 4.40. The number of amides is 1. The number of benzene rings is 1. The fourth-order valence-electron chi connectivity index (χ4n) is 2.91. The molecule has 22 heavy (non-hydrogen) atoms. The Hall–Kier alpha value is -2.04. The molecule has 5 nitrogen and oxygen atoms in total.